The predicted molar refractivity (Wildman–Crippen MR) is 109 cm³/mol. The van der Waals surface area contributed by atoms with Gasteiger partial charge in [0.1, 0.15) is 11.6 Å². The minimum Gasteiger partial charge on any atom is -0.373 e. The summed E-state index contributed by atoms with van der Waals surface area (Å²) in [5.74, 6) is 7.58. The number of fused-ring (bicyclic) bond motifs is 1. The molecule has 0 radical (unpaired) electrons. The maximum absolute atomic E-state index is 12.3. The molecule has 0 unspecified atom stereocenters. The van der Waals surface area contributed by atoms with E-state index in [1.54, 1.807) is 32.4 Å². The largest absolute Gasteiger partial charge is 0.373 e. The van der Waals surface area contributed by atoms with E-state index >= 15 is 0 Å². The molecule has 0 aromatic carbocycles. The van der Waals surface area contributed by atoms with E-state index in [1.165, 1.54) is 6.20 Å². The molecule has 1 saturated carbocycles. The topological polar surface area (TPSA) is 84.7 Å². The lowest BCUT2D eigenvalue weighted by molar-refractivity contribution is -0.117. The maximum atomic E-state index is 12.3. The van der Waals surface area contributed by atoms with E-state index in [2.05, 4.69) is 37.5 Å². The Balaban J connectivity index is 1.72. The van der Waals surface area contributed by atoms with Crippen molar-refractivity contribution < 1.29 is 8.91 Å². The molecule has 28 heavy (non-hydrogen) atoms. The maximum Gasteiger partial charge on any atom is 0.228 e. The van der Waals surface area contributed by atoms with Crippen molar-refractivity contribution >= 4 is 28.3 Å². The van der Waals surface area contributed by atoms with Gasteiger partial charge in [0, 0.05) is 53.4 Å². The highest BCUT2D eigenvalue weighted by Gasteiger charge is 2.39. The van der Waals surface area contributed by atoms with E-state index in [9.17, 15) is 4.79 Å². The van der Waals surface area contributed by atoms with Crippen LogP contribution in [0.1, 0.15) is 34.3 Å². The van der Waals surface area contributed by atoms with Crippen LogP contribution in [-0.2, 0) is 11.8 Å². The van der Waals surface area contributed by atoms with Crippen LogP contribution in [0.15, 0.2) is 24.7 Å². The van der Waals surface area contributed by atoms with Gasteiger partial charge in [-0.05, 0) is 25.3 Å². The van der Waals surface area contributed by atoms with Crippen molar-refractivity contribution in [3.63, 3.8) is 0 Å². The van der Waals surface area contributed by atoms with Crippen LogP contribution in [0.2, 0.25) is 0 Å². The molecular formula is C21H22N6O. The zero-order valence-corrected chi connectivity index (χ0v) is 15.9. The molecule has 1 aliphatic rings. The molecule has 3 aromatic heterocycles. The summed E-state index contributed by atoms with van der Waals surface area (Å²) in [5, 5.41) is 11.5. The number of aromatic nitrogens is 4. The Hall–Kier alpha value is -3.40. The molecule has 7 nitrogen and oxygen atoms in total. The van der Waals surface area contributed by atoms with Gasteiger partial charge < -0.3 is 10.6 Å². The molecule has 142 valence electrons. The fourth-order valence-electron chi connectivity index (χ4n) is 3.13. The average molecular weight is 377 g/mol. The predicted octanol–water partition coefficient (Wildman–Crippen LogP) is 2.71. The Morgan fingerprint density at radius 2 is 2.07 bits per heavy atom. The number of anilines is 2. The van der Waals surface area contributed by atoms with E-state index in [4.69, 9.17) is 4.11 Å². The van der Waals surface area contributed by atoms with Gasteiger partial charge in [-0.15, -0.1) is 0 Å². The van der Waals surface area contributed by atoms with E-state index in [-0.39, 0.29) is 11.8 Å². The molecule has 0 saturated heterocycles. The first-order valence-electron chi connectivity index (χ1n) is 10.5. The smallest absolute Gasteiger partial charge is 0.228 e. The first-order valence-corrected chi connectivity index (χ1v) is 9.03. The van der Waals surface area contributed by atoms with Crippen molar-refractivity contribution in [1.29, 1.82) is 0 Å². The van der Waals surface area contributed by atoms with Crippen LogP contribution in [0.5, 0.6) is 0 Å². The van der Waals surface area contributed by atoms with Crippen LogP contribution in [0.3, 0.4) is 0 Å². The Kier molecular flexibility index (Phi) is 3.64. The van der Waals surface area contributed by atoms with Gasteiger partial charge in [-0.3, -0.25) is 9.48 Å². The summed E-state index contributed by atoms with van der Waals surface area (Å²) in [6.07, 6.45) is 5.60. The molecule has 7 heteroatoms. The van der Waals surface area contributed by atoms with Crippen LogP contribution in [-0.4, -0.2) is 32.7 Å². The van der Waals surface area contributed by atoms with Crippen LogP contribution >= 0.6 is 0 Å². The second-order valence-corrected chi connectivity index (χ2v) is 7.02. The highest BCUT2D eigenvalue weighted by molar-refractivity contribution is 5.99. The van der Waals surface area contributed by atoms with Gasteiger partial charge in [0.05, 0.1) is 16.8 Å². The number of aryl methyl sites for hydroxylation is 2. The summed E-state index contributed by atoms with van der Waals surface area (Å²) in [6, 6.07) is 1.78. The fraction of sp³-hybridized carbons (Fsp3) is 0.333. The number of amides is 1. The van der Waals surface area contributed by atoms with E-state index in [1.807, 2.05) is 6.92 Å². The first kappa shape index (κ1) is 14.6. The third-order valence-corrected chi connectivity index (χ3v) is 4.94. The van der Waals surface area contributed by atoms with Gasteiger partial charge >= 0.3 is 0 Å². The zero-order valence-electron chi connectivity index (χ0n) is 18.9. The second-order valence-electron chi connectivity index (χ2n) is 7.02. The molecule has 4 rings (SSSR count). The summed E-state index contributed by atoms with van der Waals surface area (Å²) in [7, 11) is 1.77. The van der Waals surface area contributed by atoms with E-state index < -0.39 is 6.98 Å². The molecule has 0 spiro atoms. The van der Waals surface area contributed by atoms with E-state index in [0.717, 1.165) is 21.9 Å². The Labute approximate surface area is 167 Å². The quantitative estimate of drug-likeness (QED) is 0.686. The minimum atomic E-state index is -2.36. The number of nitrogens with zero attached hydrogens (tertiary/aromatic N) is 4. The standard InChI is InChI=1S/C21H22N6O/c1-12-7-16(12)21(28)25-19-8-17-14(5-6-15-11-27(4)26-13(15)2)9-24-20(22-3)18(17)10-23-19/h8-12,16H,7H2,1-4H3,(H,22,24)(H,23,25,28)/t12-,16+/m1/s1/i4D3. The fourth-order valence-corrected chi connectivity index (χ4v) is 3.13. The number of hydrogen-bond acceptors (Lipinski definition) is 5. The molecule has 3 heterocycles. The van der Waals surface area contributed by atoms with Gasteiger partial charge in [-0.2, -0.15) is 5.10 Å². The zero-order chi connectivity index (χ0) is 22.3. The molecule has 0 bridgehead atoms. The Morgan fingerprint density at radius 3 is 2.75 bits per heavy atom. The lowest BCUT2D eigenvalue weighted by Crippen LogP contribution is -2.15. The molecule has 0 aliphatic heterocycles. The van der Waals surface area contributed by atoms with Crippen LogP contribution in [0.25, 0.3) is 10.8 Å². The van der Waals surface area contributed by atoms with Gasteiger partial charge in [0.25, 0.3) is 0 Å². The summed E-state index contributed by atoms with van der Waals surface area (Å²) >= 11 is 0. The number of carbonyl (C=O) groups is 1. The van der Waals surface area contributed by atoms with Crippen LogP contribution in [0.4, 0.5) is 11.6 Å². The van der Waals surface area contributed by atoms with Gasteiger partial charge in [-0.1, -0.05) is 18.8 Å². The summed E-state index contributed by atoms with van der Waals surface area (Å²) in [4.78, 5) is 21.1. The molecule has 2 N–H and O–H groups in total. The second kappa shape index (κ2) is 6.97. The number of rotatable bonds is 3. The van der Waals surface area contributed by atoms with Crippen LogP contribution in [0, 0.1) is 30.6 Å². The monoisotopic (exact) mass is 377 g/mol. The number of nitrogens with one attached hydrogen (secondary N) is 2. The Bertz CT molecular complexity index is 1240. The normalized spacial score (nSPS) is 19.8. The first-order chi connectivity index (χ1) is 14.7. The summed E-state index contributed by atoms with van der Waals surface area (Å²) in [5.41, 5.74) is 1.68. The number of pyridine rings is 2. The van der Waals surface area contributed by atoms with Crippen molar-refractivity contribution in [3.8, 4) is 11.8 Å². The van der Waals surface area contributed by atoms with Crippen LogP contribution < -0.4 is 10.6 Å². The lowest BCUT2D eigenvalue weighted by atomic mass is 10.1. The molecular weight excluding hydrogens is 352 g/mol. The minimum absolute atomic E-state index is 0.0254. The van der Waals surface area contributed by atoms with Crippen molar-refractivity contribution in [2.24, 2.45) is 18.8 Å². The molecule has 1 aliphatic carbocycles. The SMILES string of the molecule is [2H]C([2H])([2H])n1cc(C#Cc2cnc(NC)c3cnc(NC(=O)[C@H]4C[C@H]4C)cc23)c(C)n1. The third kappa shape index (κ3) is 3.41. The van der Waals surface area contributed by atoms with Gasteiger partial charge in [0.15, 0.2) is 0 Å². The third-order valence-electron chi connectivity index (χ3n) is 4.94. The highest BCUT2D eigenvalue weighted by Crippen LogP contribution is 2.38. The number of carbonyl (C=O) groups excluding carboxylic acids is 1. The molecule has 1 fully saturated rings. The van der Waals surface area contributed by atoms with Crippen molar-refractivity contribution in [2.45, 2.75) is 20.3 Å². The van der Waals surface area contributed by atoms with Crippen molar-refractivity contribution in [1.82, 2.24) is 19.7 Å². The average Bonchev–Trinajstić information content (AvgIpc) is 3.33. The highest BCUT2D eigenvalue weighted by atomic mass is 16.2. The van der Waals surface area contributed by atoms with Gasteiger partial charge in [-0.25, -0.2) is 9.97 Å². The molecule has 2 atom stereocenters. The molecule has 1 amide bonds. The molecule has 3 aromatic rings. The summed E-state index contributed by atoms with van der Waals surface area (Å²) < 4.78 is 23.4. The van der Waals surface area contributed by atoms with E-state index in [0.29, 0.717) is 34.4 Å². The summed E-state index contributed by atoms with van der Waals surface area (Å²) in [6.45, 7) is 1.40. The lowest BCUT2D eigenvalue weighted by Gasteiger charge is -2.09. The van der Waals surface area contributed by atoms with Crippen molar-refractivity contribution in [3.05, 3.63) is 41.5 Å². The Morgan fingerprint density at radius 1 is 1.29 bits per heavy atom. The number of hydrogen-bond donors (Lipinski definition) is 2. The van der Waals surface area contributed by atoms with Crippen molar-refractivity contribution in [2.75, 3.05) is 17.7 Å². The van der Waals surface area contributed by atoms with Gasteiger partial charge in [0.2, 0.25) is 5.91 Å².